The molecule has 0 heterocycles. The molecule has 5 heteroatoms. The standard InChI is InChI=1S/C22H20ClNO2S/c1-15-8-11-19(12-9-15)27-16(2)22(25)24-20-14-17(23)10-13-21(20)26-18-6-4-3-5-7-18/h3-14,16H,1-2H3,(H,24,25)/t16-/m0/s1. The molecule has 1 amide bonds. The van der Waals surface area contributed by atoms with Crippen LogP contribution in [-0.2, 0) is 4.79 Å². The van der Waals surface area contributed by atoms with Gasteiger partial charge in [0, 0.05) is 9.92 Å². The maximum absolute atomic E-state index is 12.7. The summed E-state index contributed by atoms with van der Waals surface area (Å²) in [7, 11) is 0. The Bertz CT molecular complexity index is 913. The number of carbonyl (C=O) groups is 1. The SMILES string of the molecule is Cc1ccc(S[C@@H](C)C(=O)Nc2cc(Cl)ccc2Oc2ccccc2)cc1. The maximum Gasteiger partial charge on any atom is 0.237 e. The fourth-order valence-corrected chi connectivity index (χ4v) is 3.45. The summed E-state index contributed by atoms with van der Waals surface area (Å²) in [6.07, 6.45) is 0. The van der Waals surface area contributed by atoms with Gasteiger partial charge in [0.25, 0.3) is 0 Å². The van der Waals surface area contributed by atoms with Gasteiger partial charge in [0.1, 0.15) is 5.75 Å². The summed E-state index contributed by atoms with van der Waals surface area (Å²) >= 11 is 7.62. The van der Waals surface area contributed by atoms with Gasteiger partial charge in [-0.25, -0.2) is 0 Å². The fourth-order valence-electron chi connectivity index (χ4n) is 2.41. The highest BCUT2D eigenvalue weighted by Crippen LogP contribution is 2.33. The van der Waals surface area contributed by atoms with Gasteiger partial charge in [0.15, 0.2) is 5.75 Å². The first-order valence-corrected chi connectivity index (χ1v) is 9.83. The van der Waals surface area contributed by atoms with E-state index in [0.717, 1.165) is 4.90 Å². The lowest BCUT2D eigenvalue weighted by atomic mass is 10.2. The largest absolute Gasteiger partial charge is 0.455 e. The van der Waals surface area contributed by atoms with Crippen molar-refractivity contribution in [2.45, 2.75) is 24.0 Å². The van der Waals surface area contributed by atoms with Crippen molar-refractivity contribution in [1.29, 1.82) is 0 Å². The molecule has 0 saturated heterocycles. The van der Waals surface area contributed by atoms with E-state index in [2.05, 4.69) is 5.32 Å². The van der Waals surface area contributed by atoms with Gasteiger partial charge in [0.2, 0.25) is 5.91 Å². The van der Waals surface area contributed by atoms with Crippen molar-refractivity contribution >= 4 is 35.0 Å². The third-order valence-corrected chi connectivity index (χ3v) is 5.22. The first kappa shape index (κ1) is 19.3. The molecule has 0 aliphatic carbocycles. The Balaban J connectivity index is 1.72. The molecule has 0 unspecified atom stereocenters. The summed E-state index contributed by atoms with van der Waals surface area (Å²) in [5.74, 6) is 1.13. The summed E-state index contributed by atoms with van der Waals surface area (Å²) in [4.78, 5) is 13.7. The van der Waals surface area contributed by atoms with Gasteiger partial charge in [-0.15, -0.1) is 11.8 Å². The van der Waals surface area contributed by atoms with Crippen molar-refractivity contribution in [3.05, 3.63) is 83.4 Å². The molecular formula is C22H20ClNO2S. The highest BCUT2D eigenvalue weighted by molar-refractivity contribution is 8.00. The van der Waals surface area contributed by atoms with Crippen LogP contribution >= 0.6 is 23.4 Å². The van der Waals surface area contributed by atoms with Crippen LogP contribution < -0.4 is 10.1 Å². The second kappa shape index (κ2) is 8.98. The molecule has 138 valence electrons. The van der Waals surface area contributed by atoms with E-state index in [4.69, 9.17) is 16.3 Å². The van der Waals surface area contributed by atoms with Crippen LogP contribution in [0.2, 0.25) is 5.02 Å². The maximum atomic E-state index is 12.7. The second-order valence-electron chi connectivity index (χ2n) is 6.12. The van der Waals surface area contributed by atoms with Crippen LogP contribution in [-0.4, -0.2) is 11.2 Å². The molecule has 3 nitrogen and oxygen atoms in total. The molecule has 0 aromatic heterocycles. The Morgan fingerprint density at radius 1 is 1.04 bits per heavy atom. The number of amides is 1. The van der Waals surface area contributed by atoms with Gasteiger partial charge in [-0.1, -0.05) is 47.5 Å². The summed E-state index contributed by atoms with van der Waals surface area (Å²) in [5, 5.41) is 3.20. The van der Waals surface area contributed by atoms with Gasteiger partial charge in [0.05, 0.1) is 10.9 Å². The lowest BCUT2D eigenvalue weighted by Gasteiger charge is -2.16. The number of benzene rings is 3. The smallest absolute Gasteiger partial charge is 0.237 e. The zero-order valence-electron chi connectivity index (χ0n) is 15.1. The van der Waals surface area contributed by atoms with Crippen molar-refractivity contribution in [2.75, 3.05) is 5.32 Å². The fraction of sp³-hybridized carbons (Fsp3) is 0.136. The van der Waals surface area contributed by atoms with Crippen LogP contribution in [0.25, 0.3) is 0 Å². The van der Waals surface area contributed by atoms with E-state index in [1.54, 1.807) is 18.2 Å². The molecule has 0 spiro atoms. The number of hydrogen-bond donors (Lipinski definition) is 1. The summed E-state index contributed by atoms with van der Waals surface area (Å²) in [6, 6.07) is 22.7. The average molecular weight is 398 g/mol. The molecule has 27 heavy (non-hydrogen) atoms. The lowest BCUT2D eigenvalue weighted by Crippen LogP contribution is -2.22. The third-order valence-electron chi connectivity index (χ3n) is 3.87. The topological polar surface area (TPSA) is 38.3 Å². The highest BCUT2D eigenvalue weighted by atomic mass is 35.5. The van der Waals surface area contributed by atoms with Crippen LogP contribution in [0, 0.1) is 6.92 Å². The summed E-state index contributed by atoms with van der Waals surface area (Å²) < 4.78 is 5.90. The van der Waals surface area contributed by atoms with E-state index >= 15 is 0 Å². The van der Waals surface area contributed by atoms with Crippen LogP contribution in [0.5, 0.6) is 11.5 Å². The van der Waals surface area contributed by atoms with Gasteiger partial charge >= 0.3 is 0 Å². The number of anilines is 1. The quantitative estimate of drug-likeness (QED) is 0.478. The number of nitrogens with one attached hydrogen (secondary N) is 1. The first-order chi connectivity index (χ1) is 13.0. The lowest BCUT2D eigenvalue weighted by molar-refractivity contribution is -0.115. The average Bonchev–Trinajstić information content (AvgIpc) is 2.66. The molecule has 0 aliphatic heterocycles. The molecule has 3 aromatic carbocycles. The third kappa shape index (κ3) is 5.52. The van der Waals surface area contributed by atoms with Crippen molar-refractivity contribution < 1.29 is 9.53 Å². The van der Waals surface area contributed by atoms with E-state index in [-0.39, 0.29) is 11.2 Å². The molecule has 0 bridgehead atoms. The Morgan fingerprint density at radius 3 is 2.44 bits per heavy atom. The van der Waals surface area contributed by atoms with E-state index < -0.39 is 0 Å². The highest BCUT2D eigenvalue weighted by Gasteiger charge is 2.17. The first-order valence-electron chi connectivity index (χ1n) is 8.58. The van der Waals surface area contributed by atoms with Crippen molar-refractivity contribution in [3.8, 4) is 11.5 Å². The predicted molar refractivity (Wildman–Crippen MR) is 113 cm³/mol. The predicted octanol–water partition coefficient (Wildman–Crippen LogP) is 6.56. The molecule has 3 aromatic rings. The number of hydrogen-bond acceptors (Lipinski definition) is 3. The number of thioether (sulfide) groups is 1. The number of halogens is 1. The van der Waals surface area contributed by atoms with E-state index in [9.17, 15) is 4.79 Å². The van der Waals surface area contributed by atoms with Crippen LogP contribution in [0.4, 0.5) is 5.69 Å². The van der Waals surface area contributed by atoms with Gasteiger partial charge in [-0.3, -0.25) is 4.79 Å². The zero-order chi connectivity index (χ0) is 19.2. The van der Waals surface area contributed by atoms with Crippen molar-refractivity contribution in [3.63, 3.8) is 0 Å². The van der Waals surface area contributed by atoms with Crippen LogP contribution in [0.1, 0.15) is 12.5 Å². The molecule has 0 aliphatic rings. The van der Waals surface area contributed by atoms with Crippen LogP contribution in [0.15, 0.2) is 77.7 Å². The van der Waals surface area contributed by atoms with Gasteiger partial charge in [-0.2, -0.15) is 0 Å². The number of aryl methyl sites for hydroxylation is 1. The Morgan fingerprint density at radius 2 is 1.74 bits per heavy atom. The minimum Gasteiger partial charge on any atom is -0.455 e. The number of rotatable bonds is 6. The number of para-hydroxylation sites is 1. The normalized spacial score (nSPS) is 11.7. The molecule has 1 atom stereocenters. The van der Waals surface area contributed by atoms with Gasteiger partial charge in [-0.05, 0) is 56.3 Å². The number of ether oxygens (including phenoxy) is 1. The molecule has 0 fully saturated rings. The monoisotopic (exact) mass is 397 g/mol. The molecule has 1 N–H and O–H groups in total. The van der Waals surface area contributed by atoms with Crippen molar-refractivity contribution in [2.24, 2.45) is 0 Å². The molecule has 3 rings (SSSR count). The minimum absolute atomic E-state index is 0.110. The minimum atomic E-state index is -0.267. The molecule has 0 saturated carbocycles. The summed E-state index contributed by atoms with van der Waals surface area (Å²) in [6.45, 7) is 3.92. The Kier molecular flexibility index (Phi) is 6.43. The Hall–Kier alpha value is -2.43. The van der Waals surface area contributed by atoms with Gasteiger partial charge < -0.3 is 10.1 Å². The summed E-state index contributed by atoms with van der Waals surface area (Å²) in [5.41, 5.74) is 1.74. The number of carbonyl (C=O) groups excluding carboxylic acids is 1. The molecular weight excluding hydrogens is 378 g/mol. The van der Waals surface area contributed by atoms with Crippen molar-refractivity contribution in [1.82, 2.24) is 0 Å². The van der Waals surface area contributed by atoms with E-state index in [1.165, 1.54) is 17.3 Å². The van der Waals surface area contributed by atoms with E-state index in [0.29, 0.717) is 22.2 Å². The van der Waals surface area contributed by atoms with E-state index in [1.807, 2.05) is 68.4 Å². The second-order valence-corrected chi connectivity index (χ2v) is 7.97. The molecule has 0 radical (unpaired) electrons. The zero-order valence-corrected chi connectivity index (χ0v) is 16.7. The Labute approximate surface area is 168 Å². The van der Waals surface area contributed by atoms with Crippen LogP contribution in [0.3, 0.4) is 0 Å².